The van der Waals surface area contributed by atoms with Crippen LogP contribution >= 0.6 is 27.5 Å². The molecule has 1 saturated carbocycles. The molecule has 1 amide bonds. The third-order valence-corrected chi connectivity index (χ3v) is 6.47. The minimum absolute atomic E-state index is 0.0410. The highest BCUT2D eigenvalue weighted by atomic mass is 79.9. The Kier molecular flexibility index (Phi) is 6.49. The van der Waals surface area contributed by atoms with E-state index in [4.69, 9.17) is 16.6 Å². The van der Waals surface area contributed by atoms with Crippen LogP contribution in [0.25, 0.3) is 11.0 Å². The lowest BCUT2D eigenvalue weighted by molar-refractivity contribution is 0.0715. The third-order valence-electron chi connectivity index (χ3n) is 5.71. The van der Waals surface area contributed by atoms with Crippen molar-refractivity contribution in [2.24, 2.45) is 5.92 Å². The Hall–Kier alpha value is -1.85. The van der Waals surface area contributed by atoms with Crippen LogP contribution in [-0.2, 0) is 6.54 Å². The summed E-state index contributed by atoms with van der Waals surface area (Å²) in [6.07, 6.45) is 4.77. The highest BCUT2D eigenvalue weighted by molar-refractivity contribution is 9.10. The maximum atomic E-state index is 13.4. The van der Waals surface area contributed by atoms with Crippen LogP contribution in [-0.4, -0.2) is 26.9 Å². The molecule has 30 heavy (non-hydrogen) atoms. The van der Waals surface area contributed by atoms with Gasteiger partial charge in [-0.05, 0) is 61.2 Å². The Bertz CT molecular complexity index is 1040. The van der Waals surface area contributed by atoms with E-state index < -0.39 is 0 Å². The van der Waals surface area contributed by atoms with Crippen molar-refractivity contribution in [2.75, 3.05) is 6.54 Å². The Morgan fingerprint density at radius 1 is 1.20 bits per heavy atom. The van der Waals surface area contributed by atoms with Crippen molar-refractivity contribution in [1.82, 2.24) is 14.5 Å². The zero-order valence-corrected chi connectivity index (χ0v) is 19.8. The number of amides is 1. The molecular weight excluding hydrogens is 462 g/mol. The maximum absolute atomic E-state index is 13.4. The Balaban J connectivity index is 1.72. The van der Waals surface area contributed by atoms with Gasteiger partial charge in [0.2, 0.25) is 0 Å². The third kappa shape index (κ3) is 4.57. The summed E-state index contributed by atoms with van der Waals surface area (Å²) < 4.78 is 3.31. The molecule has 1 aliphatic carbocycles. The molecule has 1 aliphatic rings. The predicted octanol–water partition coefficient (Wildman–Crippen LogP) is 6.87. The molecule has 0 aliphatic heterocycles. The summed E-state index contributed by atoms with van der Waals surface area (Å²) in [6, 6.07) is 13.9. The average molecular weight is 489 g/mol. The molecule has 0 bridgehead atoms. The minimum atomic E-state index is 0.0410. The van der Waals surface area contributed by atoms with E-state index in [-0.39, 0.29) is 5.91 Å². The quantitative estimate of drug-likeness (QED) is 0.380. The van der Waals surface area contributed by atoms with Crippen LogP contribution in [0.2, 0.25) is 5.02 Å². The van der Waals surface area contributed by atoms with Crippen molar-refractivity contribution in [1.29, 1.82) is 0 Å². The molecule has 158 valence electrons. The molecule has 0 unspecified atom stereocenters. The predicted molar refractivity (Wildman–Crippen MR) is 126 cm³/mol. The molecular formula is C24H27BrClN3O. The van der Waals surface area contributed by atoms with Crippen molar-refractivity contribution in [3.05, 3.63) is 63.3 Å². The summed E-state index contributed by atoms with van der Waals surface area (Å²) >= 11 is 9.76. The molecule has 0 spiro atoms. The van der Waals surface area contributed by atoms with Crippen LogP contribution < -0.4 is 0 Å². The van der Waals surface area contributed by atoms with Gasteiger partial charge < -0.3 is 9.47 Å². The molecule has 0 saturated heterocycles. The molecule has 4 nitrogen and oxygen atoms in total. The highest BCUT2D eigenvalue weighted by Gasteiger charge is 2.26. The molecule has 0 atom stereocenters. The lowest BCUT2D eigenvalue weighted by atomic mass is 10.1. The zero-order chi connectivity index (χ0) is 21.3. The first kappa shape index (κ1) is 21.4. The van der Waals surface area contributed by atoms with E-state index in [0.717, 1.165) is 39.2 Å². The molecule has 0 radical (unpaired) electrons. The van der Waals surface area contributed by atoms with Crippen molar-refractivity contribution in [2.45, 2.75) is 52.1 Å². The van der Waals surface area contributed by atoms with E-state index in [2.05, 4.69) is 34.3 Å². The second-order valence-corrected chi connectivity index (χ2v) is 9.91. The number of aromatic nitrogens is 2. The van der Waals surface area contributed by atoms with Crippen molar-refractivity contribution >= 4 is 44.5 Å². The summed E-state index contributed by atoms with van der Waals surface area (Å²) in [5, 5.41) is 0.721. The van der Waals surface area contributed by atoms with E-state index in [1.807, 2.05) is 47.4 Å². The summed E-state index contributed by atoms with van der Waals surface area (Å²) in [7, 11) is 0. The zero-order valence-electron chi connectivity index (χ0n) is 17.4. The Morgan fingerprint density at radius 3 is 2.57 bits per heavy atom. The van der Waals surface area contributed by atoms with Crippen molar-refractivity contribution in [3.63, 3.8) is 0 Å². The number of nitrogens with zero attached hydrogens (tertiary/aromatic N) is 3. The molecule has 1 aromatic heterocycles. The van der Waals surface area contributed by atoms with Gasteiger partial charge in [0.15, 0.2) is 0 Å². The number of carbonyl (C=O) groups excluding carboxylic acids is 1. The number of imidazole rings is 1. The highest BCUT2D eigenvalue weighted by Crippen LogP contribution is 2.35. The second kappa shape index (κ2) is 9.11. The van der Waals surface area contributed by atoms with Crippen LogP contribution in [0, 0.1) is 5.92 Å². The molecule has 2 aromatic carbocycles. The Morgan fingerprint density at radius 2 is 1.90 bits per heavy atom. The van der Waals surface area contributed by atoms with E-state index in [9.17, 15) is 4.79 Å². The lowest BCUT2D eigenvalue weighted by Gasteiger charge is -2.26. The first-order valence-corrected chi connectivity index (χ1v) is 11.8. The van der Waals surface area contributed by atoms with Gasteiger partial charge in [0.25, 0.3) is 5.91 Å². The Labute approximate surface area is 191 Å². The van der Waals surface area contributed by atoms with E-state index in [1.165, 1.54) is 12.8 Å². The van der Waals surface area contributed by atoms with Gasteiger partial charge >= 0.3 is 0 Å². The molecule has 6 heteroatoms. The number of benzene rings is 2. The SMILES string of the molecule is CC(C)CN(Cc1nc2ccc(Cl)cc2n1C1CCCC1)C(=O)c1ccc(Br)cc1. The topological polar surface area (TPSA) is 38.1 Å². The molecule has 0 N–H and O–H groups in total. The summed E-state index contributed by atoms with van der Waals surface area (Å²) in [5.74, 6) is 1.35. The molecule has 4 rings (SSSR count). The number of rotatable bonds is 6. The van der Waals surface area contributed by atoms with Gasteiger partial charge in [0.1, 0.15) is 5.82 Å². The molecule has 1 fully saturated rings. The standard InChI is InChI=1S/C24H27BrClN3O/c1-16(2)14-28(24(30)17-7-9-18(25)10-8-17)15-23-27-21-12-11-19(26)13-22(21)29(23)20-5-3-4-6-20/h7-13,16,20H,3-6,14-15H2,1-2H3. The fourth-order valence-corrected chi connectivity index (χ4v) is 4.83. The van der Waals surface area contributed by atoms with E-state index in [1.54, 1.807) is 0 Å². The number of hydrogen-bond donors (Lipinski definition) is 0. The molecule has 3 aromatic rings. The van der Waals surface area contributed by atoms with E-state index in [0.29, 0.717) is 30.6 Å². The monoisotopic (exact) mass is 487 g/mol. The van der Waals surface area contributed by atoms with Crippen molar-refractivity contribution < 1.29 is 4.79 Å². The summed E-state index contributed by atoms with van der Waals surface area (Å²) in [4.78, 5) is 20.2. The van der Waals surface area contributed by atoms with Crippen LogP contribution in [0.15, 0.2) is 46.9 Å². The first-order chi connectivity index (χ1) is 14.4. The van der Waals surface area contributed by atoms with Gasteiger partial charge in [-0.25, -0.2) is 4.98 Å². The summed E-state index contributed by atoms with van der Waals surface area (Å²) in [5.41, 5.74) is 2.72. The minimum Gasteiger partial charge on any atom is -0.331 e. The van der Waals surface area contributed by atoms with Crippen LogP contribution in [0.5, 0.6) is 0 Å². The van der Waals surface area contributed by atoms with E-state index >= 15 is 0 Å². The summed E-state index contributed by atoms with van der Waals surface area (Å²) in [6.45, 7) is 5.46. The van der Waals surface area contributed by atoms with Crippen LogP contribution in [0.3, 0.4) is 0 Å². The fourth-order valence-electron chi connectivity index (χ4n) is 4.40. The second-order valence-electron chi connectivity index (χ2n) is 8.56. The van der Waals surface area contributed by atoms with Gasteiger partial charge in [-0.3, -0.25) is 4.79 Å². The maximum Gasteiger partial charge on any atom is 0.254 e. The van der Waals surface area contributed by atoms with Crippen LogP contribution in [0.1, 0.15) is 61.8 Å². The fraction of sp³-hybridized carbons (Fsp3) is 0.417. The average Bonchev–Trinajstić information content (AvgIpc) is 3.34. The van der Waals surface area contributed by atoms with Gasteiger partial charge in [0.05, 0.1) is 17.6 Å². The smallest absolute Gasteiger partial charge is 0.254 e. The van der Waals surface area contributed by atoms with Gasteiger partial charge in [-0.2, -0.15) is 0 Å². The normalized spacial score (nSPS) is 14.7. The molecule has 1 heterocycles. The lowest BCUT2D eigenvalue weighted by Crippen LogP contribution is -2.35. The number of fused-ring (bicyclic) bond motifs is 1. The van der Waals surface area contributed by atoms with Crippen molar-refractivity contribution in [3.8, 4) is 0 Å². The first-order valence-electron chi connectivity index (χ1n) is 10.6. The van der Waals surface area contributed by atoms with Gasteiger partial charge in [-0.15, -0.1) is 0 Å². The van der Waals surface area contributed by atoms with Gasteiger partial charge in [-0.1, -0.05) is 54.2 Å². The van der Waals surface area contributed by atoms with Crippen LogP contribution in [0.4, 0.5) is 0 Å². The van der Waals surface area contributed by atoms with Gasteiger partial charge in [0, 0.05) is 27.6 Å². The largest absolute Gasteiger partial charge is 0.331 e. The number of halogens is 2. The number of hydrogen-bond acceptors (Lipinski definition) is 2. The number of carbonyl (C=O) groups is 1.